The van der Waals surface area contributed by atoms with Gasteiger partial charge in [-0.05, 0) is 39.2 Å². The maximum Gasteiger partial charge on any atom is 0.317 e. The molecular formula is C19H25N3O3S2. The highest BCUT2D eigenvalue weighted by molar-refractivity contribution is 8.00. The number of thiophene rings is 1. The van der Waals surface area contributed by atoms with Crippen LogP contribution in [0.1, 0.15) is 43.0 Å². The first-order chi connectivity index (χ1) is 13.0. The van der Waals surface area contributed by atoms with E-state index in [0.717, 1.165) is 59.6 Å². The van der Waals surface area contributed by atoms with Crippen LogP contribution in [-0.2, 0) is 14.3 Å². The van der Waals surface area contributed by atoms with Crippen molar-refractivity contribution in [1.82, 2.24) is 14.9 Å². The molecule has 2 aromatic rings. The molecule has 27 heavy (non-hydrogen) atoms. The maximum absolute atomic E-state index is 12.5. The average Bonchev–Trinajstić information content (AvgIpc) is 2.84. The summed E-state index contributed by atoms with van der Waals surface area (Å²) in [6.45, 7) is 7.27. The number of fused-ring (bicyclic) bond motifs is 1. The Hall–Kier alpha value is -1.67. The number of aryl methyl sites for hydroxylation is 2. The second-order valence-electron chi connectivity index (χ2n) is 6.80. The van der Waals surface area contributed by atoms with E-state index in [1.165, 1.54) is 23.0 Å². The molecular weight excluding hydrogens is 382 g/mol. The van der Waals surface area contributed by atoms with E-state index in [-0.39, 0.29) is 11.7 Å². The molecule has 0 N–H and O–H groups in total. The Labute approximate surface area is 167 Å². The summed E-state index contributed by atoms with van der Waals surface area (Å²) in [6.07, 6.45) is 5.13. The number of carbonyl (C=O) groups is 2. The minimum absolute atomic E-state index is 0.0935. The van der Waals surface area contributed by atoms with Crippen LogP contribution in [0.4, 0.5) is 0 Å². The number of rotatable bonds is 5. The summed E-state index contributed by atoms with van der Waals surface area (Å²) in [5, 5.41) is 1.79. The molecule has 0 spiro atoms. The molecule has 6 nitrogen and oxygen atoms in total. The first-order valence-corrected chi connectivity index (χ1v) is 11.1. The molecule has 3 heterocycles. The minimum Gasteiger partial charge on any atom is -0.452 e. The van der Waals surface area contributed by atoms with Crippen molar-refractivity contribution in [2.75, 3.05) is 18.8 Å². The molecule has 1 amide bonds. The Balaban J connectivity index is 1.57. The van der Waals surface area contributed by atoms with Crippen molar-refractivity contribution in [3.8, 4) is 0 Å². The lowest BCUT2D eigenvalue weighted by Crippen LogP contribution is -2.40. The van der Waals surface area contributed by atoms with Crippen molar-refractivity contribution in [3.63, 3.8) is 0 Å². The molecule has 1 aliphatic rings. The lowest BCUT2D eigenvalue weighted by atomic mass is 10.2. The van der Waals surface area contributed by atoms with Gasteiger partial charge < -0.3 is 9.64 Å². The molecule has 3 rings (SSSR count). The highest BCUT2D eigenvalue weighted by Gasteiger charge is 2.24. The van der Waals surface area contributed by atoms with Crippen LogP contribution < -0.4 is 0 Å². The van der Waals surface area contributed by atoms with Gasteiger partial charge in [0, 0.05) is 23.4 Å². The number of thioether (sulfide) groups is 1. The Morgan fingerprint density at radius 2 is 1.93 bits per heavy atom. The first kappa shape index (κ1) is 20.1. The number of esters is 1. The van der Waals surface area contributed by atoms with Gasteiger partial charge in [0.2, 0.25) is 0 Å². The number of amides is 1. The molecule has 0 aromatic carbocycles. The normalized spacial score (nSPS) is 16.2. The van der Waals surface area contributed by atoms with Crippen LogP contribution >= 0.6 is 23.1 Å². The van der Waals surface area contributed by atoms with Crippen molar-refractivity contribution in [2.24, 2.45) is 0 Å². The molecule has 2 aromatic heterocycles. The fourth-order valence-corrected chi connectivity index (χ4v) is 5.12. The summed E-state index contributed by atoms with van der Waals surface area (Å²) in [5.74, 6) is -0.367. The number of carbonyl (C=O) groups excluding carboxylic acids is 2. The van der Waals surface area contributed by atoms with Crippen molar-refractivity contribution < 1.29 is 14.3 Å². The number of hydrogen-bond acceptors (Lipinski definition) is 7. The van der Waals surface area contributed by atoms with Gasteiger partial charge >= 0.3 is 5.97 Å². The Bertz CT molecular complexity index is 829. The van der Waals surface area contributed by atoms with Gasteiger partial charge in [-0.1, -0.05) is 24.6 Å². The average molecular weight is 408 g/mol. The second kappa shape index (κ2) is 9.01. The zero-order valence-corrected chi connectivity index (χ0v) is 17.6. The van der Waals surface area contributed by atoms with Gasteiger partial charge in [-0.2, -0.15) is 0 Å². The van der Waals surface area contributed by atoms with Crippen LogP contribution in [0, 0.1) is 13.8 Å². The van der Waals surface area contributed by atoms with Gasteiger partial charge in [-0.25, -0.2) is 9.97 Å². The van der Waals surface area contributed by atoms with Gasteiger partial charge in [0.05, 0.1) is 5.75 Å². The molecule has 1 saturated heterocycles. The lowest BCUT2D eigenvalue weighted by molar-refractivity contribution is -0.157. The predicted octanol–water partition coefficient (Wildman–Crippen LogP) is 3.73. The predicted molar refractivity (Wildman–Crippen MR) is 108 cm³/mol. The number of aromatic nitrogens is 2. The smallest absolute Gasteiger partial charge is 0.317 e. The summed E-state index contributed by atoms with van der Waals surface area (Å²) in [5.41, 5.74) is 1.15. The van der Waals surface area contributed by atoms with Crippen LogP contribution in [0.15, 0.2) is 11.4 Å². The van der Waals surface area contributed by atoms with Gasteiger partial charge in [-0.15, -0.1) is 11.3 Å². The van der Waals surface area contributed by atoms with E-state index in [4.69, 9.17) is 4.74 Å². The van der Waals surface area contributed by atoms with E-state index in [2.05, 4.69) is 16.9 Å². The van der Waals surface area contributed by atoms with Crippen molar-refractivity contribution in [2.45, 2.75) is 57.6 Å². The fourth-order valence-electron chi connectivity index (χ4n) is 3.22. The zero-order valence-electron chi connectivity index (χ0n) is 16.0. The molecule has 146 valence electrons. The molecule has 1 aliphatic heterocycles. The number of nitrogens with zero attached hydrogens (tertiary/aromatic N) is 3. The van der Waals surface area contributed by atoms with Gasteiger partial charge in [-0.3, -0.25) is 9.59 Å². The molecule has 1 fully saturated rings. The maximum atomic E-state index is 12.5. The van der Waals surface area contributed by atoms with Crippen LogP contribution in [0.25, 0.3) is 10.2 Å². The summed E-state index contributed by atoms with van der Waals surface area (Å²) in [6, 6.07) is 0. The Kier molecular flexibility index (Phi) is 6.70. The third kappa shape index (κ3) is 4.79. The van der Waals surface area contributed by atoms with E-state index in [0.29, 0.717) is 0 Å². The molecule has 0 aliphatic carbocycles. The lowest BCUT2D eigenvalue weighted by Gasteiger charge is -2.23. The van der Waals surface area contributed by atoms with Crippen molar-refractivity contribution in [3.05, 3.63) is 16.8 Å². The van der Waals surface area contributed by atoms with Crippen molar-refractivity contribution in [1.29, 1.82) is 0 Å². The second-order valence-corrected chi connectivity index (χ2v) is 8.97. The highest BCUT2D eigenvalue weighted by Crippen LogP contribution is 2.34. The number of hydrogen-bond donors (Lipinski definition) is 0. The zero-order chi connectivity index (χ0) is 19.4. The summed E-state index contributed by atoms with van der Waals surface area (Å²) >= 11 is 2.96. The fraction of sp³-hybridized carbons (Fsp3) is 0.579. The molecule has 1 atom stereocenters. The van der Waals surface area contributed by atoms with E-state index in [1.54, 1.807) is 18.3 Å². The quantitative estimate of drug-likeness (QED) is 0.427. The Morgan fingerprint density at radius 3 is 2.63 bits per heavy atom. The van der Waals surface area contributed by atoms with Crippen LogP contribution in [-0.4, -0.2) is 51.7 Å². The molecule has 0 radical (unpaired) electrons. The SMILES string of the molecule is Cc1sc2ncnc(SCC(=O)O[C@H](C)C(=O)N3CCCCCC3)c2c1C. The topological polar surface area (TPSA) is 72.4 Å². The molecule has 0 saturated carbocycles. The van der Waals surface area contributed by atoms with Crippen molar-refractivity contribution >= 4 is 45.2 Å². The summed E-state index contributed by atoms with van der Waals surface area (Å²) in [4.78, 5) is 37.3. The standard InChI is InChI=1S/C19H25N3O3S2/c1-12-14(3)27-18-16(12)17(20-11-21-18)26-10-15(23)25-13(2)19(24)22-8-6-4-5-7-9-22/h11,13H,4-10H2,1-3H3/t13-/m1/s1. The number of likely N-dealkylation sites (tertiary alicyclic amines) is 1. The molecule has 0 bridgehead atoms. The first-order valence-electron chi connectivity index (χ1n) is 9.29. The molecule has 8 heteroatoms. The Morgan fingerprint density at radius 1 is 1.22 bits per heavy atom. The third-order valence-corrected chi connectivity index (χ3v) is 6.91. The summed E-state index contributed by atoms with van der Waals surface area (Å²) in [7, 11) is 0. The van der Waals surface area contributed by atoms with Gasteiger partial charge in [0.1, 0.15) is 16.2 Å². The third-order valence-electron chi connectivity index (χ3n) is 4.83. The van der Waals surface area contributed by atoms with Crippen LogP contribution in [0.5, 0.6) is 0 Å². The highest BCUT2D eigenvalue weighted by atomic mass is 32.2. The van der Waals surface area contributed by atoms with E-state index < -0.39 is 12.1 Å². The van der Waals surface area contributed by atoms with Crippen LogP contribution in [0.3, 0.4) is 0 Å². The molecule has 0 unspecified atom stereocenters. The monoisotopic (exact) mass is 407 g/mol. The summed E-state index contributed by atoms with van der Waals surface area (Å²) < 4.78 is 5.38. The van der Waals surface area contributed by atoms with Crippen LogP contribution in [0.2, 0.25) is 0 Å². The minimum atomic E-state index is -0.744. The largest absolute Gasteiger partial charge is 0.452 e. The van der Waals surface area contributed by atoms with Gasteiger partial charge in [0.15, 0.2) is 6.10 Å². The number of ether oxygens (including phenoxy) is 1. The van der Waals surface area contributed by atoms with Gasteiger partial charge in [0.25, 0.3) is 5.91 Å². The van der Waals surface area contributed by atoms with E-state index in [1.807, 2.05) is 11.8 Å². The van der Waals surface area contributed by atoms with E-state index in [9.17, 15) is 9.59 Å². The van der Waals surface area contributed by atoms with E-state index >= 15 is 0 Å².